The molecule has 2 heterocycles. The zero-order valence-electron chi connectivity index (χ0n) is 19.4. The Kier molecular flexibility index (Phi) is 6.68. The largest absolute Gasteiger partial charge is 0.423 e. The number of nitrogens with zero attached hydrogens (tertiary/aromatic N) is 3. The van der Waals surface area contributed by atoms with Gasteiger partial charge in [0.15, 0.2) is 5.17 Å². The van der Waals surface area contributed by atoms with E-state index in [1.807, 2.05) is 24.3 Å². The first-order valence-corrected chi connectivity index (χ1v) is 12.3. The highest BCUT2D eigenvalue weighted by molar-refractivity contribution is 8.18. The highest BCUT2D eigenvalue weighted by Crippen LogP contribution is 2.31. The lowest BCUT2D eigenvalue weighted by Gasteiger charge is -2.36. The maximum Gasteiger partial charge on any atom is 0.343 e. The van der Waals surface area contributed by atoms with Crippen LogP contribution >= 0.6 is 11.8 Å². The Bertz CT molecular complexity index is 1290. The number of amides is 1. The number of piperazine rings is 1. The van der Waals surface area contributed by atoms with E-state index >= 15 is 0 Å². The number of anilines is 1. The summed E-state index contributed by atoms with van der Waals surface area (Å²) in [6, 6.07) is 24.5. The molecule has 0 atom stereocenters. The average molecular weight is 484 g/mol. The molecule has 2 aliphatic rings. The van der Waals surface area contributed by atoms with Crippen molar-refractivity contribution in [1.82, 2.24) is 4.90 Å². The lowest BCUT2D eigenvalue weighted by molar-refractivity contribution is -0.113. The molecule has 3 aromatic carbocycles. The highest BCUT2D eigenvalue weighted by atomic mass is 32.2. The molecule has 0 unspecified atom stereocenters. The van der Waals surface area contributed by atoms with Crippen molar-refractivity contribution in [1.29, 1.82) is 0 Å². The van der Waals surface area contributed by atoms with Crippen molar-refractivity contribution >= 4 is 40.6 Å². The number of esters is 1. The Labute approximate surface area is 208 Å². The van der Waals surface area contributed by atoms with Crippen LogP contribution in [0.4, 0.5) is 5.69 Å². The van der Waals surface area contributed by atoms with Gasteiger partial charge < -0.3 is 14.5 Å². The summed E-state index contributed by atoms with van der Waals surface area (Å²) in [6.45, 7) is 5.52. The molecule has 3 aromatic rings. The van der Waals surface area contributed by atoms with Gasteiger partial charge in [0, 0.05) is 31.9 Å². The third-order valence-electron chi connectivity index (χ3n) is 5.92. The normalized spacial score (nSPS) is 17.0. The highest BCUT2D eigenvalue weighted by Gasteiger charge is 2.28. The van der Waals surface area contributed by atoms with Crippen LogP contribution in [-0.2, 0) is 4.79 Å². The second kappa shape index (κ2) is 10.2. The number of carbonyl (C=O) groups is 2. The van der Waals surface area contributed by atoms with E-state index in [-0.39, 0.29) is 5.91 Å². The SMILES string of the molecule is Cc1cccc(N2CCN(C3=NC(=O)/C(=C/c4ccc(OC(=O)c5ccccc5)cc4)S3)CC2)c1. The van der Waals surface area contributed by atoms with E-state index in [1.54, 1.807) is 36.4 Å². The number of ether oxygens (including phenoxy) is 1. The lowest BCUT2D eigenvalue weighted by atomic mass is 10.2. The molecule has 0 radical (unpaired) electrons. The van der Waals surface area contributed by atoms with Crippen LogP contribution in [0.1, 0.15) is 21.5 Å². The fraction of sp³-hybridized carbons (Fsp3) is 0.179. The predicted octanol–water partition coefficient (Wildman–Crippen LogP) is 5.01. The molecular weight excluding hydrogens is 458 g/mol. The van der Waals surface area contributed by atoms with E-state index in [0.29, 0.717) is 16.2 Å². The molecule has 0 spiro atoms. The van der Waals surface area contributed by atoms with Gasteiger partial charge in [-0.2, -0.15) is 4.99 Å². The molecule has 0 aliphatic carbocycles. The third kappa shape index (κ3) is 5.46. The van der Waals surface area contributed by atoms with E-state index in [2.05, 4.69) is 46.0 Å². The molecule has 1 amide bonds. The Morgan fingerprint density at radius 2 is 1.63 bits per heavy atom. The van der Waals surface area contributed by atoms with Gasteiger partial charge in [-0.25, -0.2) is 4.79 Å². The monoisotopic (exact) mass is 483 g/mol. The van der Waals surface area contributed by atoms with Crippen LogP contribution in [0.5, 0.6) is 5.75 Å². The van der Waals surface area contributed by atoms with Crippen molar-refractivity contribution < 1.29 is 14.3 Å². The lowest BCUT2D eigenvalue weighted by Crippen LogP contribution is -2.47. The van der Waals surface area contributed by atoms with Gasteiger partial charge in [0.05, 0.1) is 10.5 Å². The van der Waals surface area contributed by atoms with Crippen molar-refractivity contribution in [2.45, 2.75) is 6.92 Å². The van der Waals surface area contributed by atoms with Gasteiger partial charge in [-0.3, -0.25) is 4.79 Å². The van der Waals surface area contributed by atoms with E-state index < -0.39 is 5.97 Å². The number of hydrogen-bond acceptors (Lipinski definition) is 6. The Morgan fingerprint density at radius 1 is 0.914 bits per heavy atom. The summed E-state index contributed by atoms with van der Waals surface area (Å²) >= 11 is 1.42. The topological polar surface area (TPSA) is 62.2 Å². The van der Waals surface area contributed by atoms with Crippen LogP contribution in [0.2, 0.25) is 0 Å². The molecule has 0 N–H and O–H groups in total. The second-order valence-corrected chi connectivity index (χ2v) is 9.46. The van der Waals surface area contributed by atoms with Crippen LogP contribution in [-0.4, -0.2) is 48.1 Å². The molecule has 0 aromatic heterocycles. The van der Waals surface area contributed by atoms with Gasteiger partial charge in [0.1, 0.15) is 5.75 Å². The first-order valence-electron chi connectivity index (χ1n) is 11.5. The molecule has 176 valence electrons. The Balaban J connectivity index is 1.18. The summed E-state index contributed by atoms with van der Waals surface area (Å²) in [6.07, 6.45) is 1.83. The molecule has 6 nitrogen and oxygen atoms in total. The minimum atomic E-state index is -0.404. The number of amidine groups is 1. The van der Waals surface area contributed by atoms with Crippen molar-refractivity contribution in [2.75, 3.05) is 31.1 Å². The van der Waals surface area contributed by atoms with Gasteiger partial charge in [0.2, 0.25) is 0 Å². The Morgan fingerprint density at radius 3 is 2.34 bits per heavy atom. The minimum absolute atomic E-state index is 0.217. The molecule has 35 heavy (non-hydrogen) atoms. The zero-order valence-corrected chi connectivity index (χ0v) is 20.2. The van der Waals surface area contributed by atoms with Gasteiger partial charge >= 0.3 is 5.97 Å². The van der Waals surface area contributed by atoms with Crippen molar-refractivity contribution in [3.05, 3.63) is 100 Å². The van der Waals surface area contributed by atoms with Crippen LogP contribution in [0.25, 0.3) is 6.08 Å². The standard InChI is InChI=1S/C28H25N3O3S/c1-20-6-5-9-23(18-20)30-14-16-31(17-15-30)28-29-26(32)25(35-28)19-21-10-12-24(13-11-21)34-27(33)22-7-3-2-4-8-22/h2-13,18-19H,14-17H2,1H3/b25-19-. The van der Waals surface area contributed by atoms with Gasteiger partial charge in [0.25, 0.3) is 5.91 Å². The minimum Gasteiger partial charge on any atom is -0.423 e. The van der Waals surface area contributed by atoms with Gasteiger partial charge in [-0.05, 0) is 72.3 Å². The summed E-state index contributed by atoms with van der Waals surface area (Å²) < 4.78 is 5.42. The van der Waals surface area contributed by atoms with Crippen molar-refractivity contribution in [3.8, 4) is 5.75 Å². The zero-order chi connectivity index (χ0) is 24.2. The summed E-state index contributed by atoms with van der Waals surface area (Å²) in [5, 5.41) is 0.763. The number of rotatable bonds is 4. The third-order valence-corrected chi connectivity index (χ3v) is 6.97. The maximum absolute atomic E-state index is 12.5. The van der Waals surface area contributed by atoms with Crippen molar-refractivity contribution in [3.63, 3.8) is 0 Å². The van der Waals surface area contributed by atoms with Crippen LogP contribution in [0.3, 0.4) is 0 Å². The van der Waals surface area contributed by atoms with Crippen molar-refractivity contribution in [2.24, 2.45) is 4.99 Å². The second-order valence-electron chi connectivity index (χ2n) is 8.45. The number of aryl methyl sites for hydroxylation is 1. The molecule has 0 bridgehead atoms. The molecule has 1 fully saturated rings. The summed E-state index contributed by atoms with van der Waals surface area (Å²) in [5.41, 5.74) is 3.83. The summed E-state index contributed by atoms with van der Waals surface area (Å²) in [5.74, 6) is -0.167. The predicted molar refractivity (Wildman–Crippen MR) is 141 cm³/mol. The van der Waals surface area contributed by atoms with E-state index in [1.165, 1.54) is 23.0 Å². The van der Waals surface area contributed by atoms with E-state index in [0.717, 1.165) is 36.9 Å². The number of hydrogen-bond donors (Lipinski definition) is 0. The average Bonchev–Trinajstić information content (AvgIpc) is 3.25. The molecular formula is C28H25N3O3S. The van der Waals surface area contributed by atoms with Gasteiger partial charge in [-0.15, -0.1) is 0 Å². The number of thioether (sulfide) groups is 1. The molecule has 1 saturated heterocycles. The quantitative estimate of drug-likeness (QED) is 0.295. The number of aliphatic imine (C=N–C) groups is 1. The summed E-state index contributed by atoms with van der Waals surface area (Å²) in [4.78, 5) is 34.2. The first-order chi connectivity index (χ1) is 17.0. The molecule has 7 heteroatoms. The molecule has 5 rings (SSSR count). The summed E-state index contributed by atoms with van der Waals surface area (Å²) in [7, 11) is 0. The number of benzene rings is 3. The van der Waals surface area contributed by atoms with Crippen LogP contribution < -0.4 is 9.64 Å². The fourth-order valence-corrected chi connectivity index (χ4v) is 5.00. The molecule has 2 aliphatic heterocycles. The first kappa shape index (κ1) is 22.9. The van der Waals surface area contributed by atoms with E-state index in [9.17, 15) is 9.59 Å². The molecule has 0 saturated carbocycles. The maximum atomic E-state index is 12.5. The fourth-order valence-electron chi connectivity index (χ4n) is 4.04. The van der Waals surface area contributed by atoms with Crippen LogP contribution in [0.15, 0.2) is 88.8 Å². The van der Waals surface area contributed by atoms with E-state index in [4.69, 9.17) is 4.74 Å². The Hall–Kier alpha value is -3.84. The number of carbonyl (C=O) groups excluding carboxylic acids is 2. The smallest absolute Gasteiger partial charge is 0.343 e. The van der Waals surface area contributed by atoms with Crippen LogP contribution in [0, 0.1) is 6.92 Å². The van der Waals surface area contributed by atoms with Gasteiger partial charge in [-0.1, -0.05) is 42.5 Å².